The number of imidazole rings is 1. The number of fused-ring (bicyclic) bond motifs is 1. The van der Waals surface area contributed by atoms with E-state index in [0.29, 0.717) is 18.4 Å². The van der Waals surface area contributed by atoms with Crippen LogP contribution in [0.5, 0.6) is 0 Å². The Morgan fingerprint density at radius 1 is 1.61 bits per heavy atom. The zero-order valence-electron chi connectivity index (χ0n) is 12.8. The smallest absolute Gasteiger partial charge is 0.303 e. The van der Waals surface area contributed by atoms with Gasteiger partial charge in [0.15, 0.2) is 0 Å². The summed E-state index contributed by atoms with van der Waals surface area (Å²) in [4.78, 5) is 19.5. The van der Waals surface area contributed by atoms with E-state index in [-0.39, 0.29) is 18.2 Å². The predicted octanol–water partition coefficient (Wildman–Crippen LogP) is 1.52. The molecular formula is C16H17N5O2. The van der Waals surface area contributed by atoms with E-state index in [2.05, 4.69) is 16.0 Å². The van der Waals surface area contributed by atoms with Crippen molar-refractivity contribution in [1.82, 2.24) is 14.5 Å². The van der Waals surface area contributed by atoms with Crippen molar-refractivity contribution in [2.75, 3.05) is 5.73 Å². The number of rotatable bonds is 3. The van der Waals surface area contributed by atoms with Crippen molar-refractivity contribution in [3.8, 4) is 17.3 Å². The maximum absolute atomic E-state index is 11.0. The average molecular weight is 311 g/mol. The largest absolute Gasteiger partial charge is 0.481 e. The number of carboxylic acid groups (broad SMARTS) is 1. The van der Waals surface area contributed by atoms with Crippen molar-refractivity contribution in [3.05, 3.63) is 29.3 Å². The molecule has 0 fully saturated rings. The quantitative estimate of drug-likeness (QED) is 0.887. The van der Waals surface area contributed by atoms with Crippen LogP contribution in [-0.4, -0.2) is 25.6 Å². The Morgan fingerprint density at radius 2 is 2.39 bits per heavy atom. The maximum atomic E-state index is 11.0. The van der Waals surface area contributed by atoms with E-state index >= 15 is 0 Å². The third-order valence-electron chi connectivity index (χ3n) is 4.34. The summed E-state index contributed by atoms with van der Waals surface area (Å²) in [5, 5.41) is 18.6. The summed E-state index contributed by atoms with van der Waals surface area (Å²) in [5.74, 6) is -0.535. The van der Waals surface area contributed by atoms with Crippen LogP contribution >= 0.6 is 0 Å². The summed E-state index contributed by atoms with van der Waals surface area (Å²) in [7, 11) is 1.85. The molecule has 0 saturated carbocycles. The van der Waals surface area contributed by atoms with Crippen molar-refractivity contribution < 1.29 is 9.90 Å². The predicted molar refractivity (Wildman–Crippen MR) is 83.3 cm³/mol. The van der Waals surface area contributed by atoms with Crippen LogP contribution in [0.3, 0.4) is 0 Å². The molecule has 7 heteroatoms. The van der Waals surface area contributed by atoms with Crippen LogP contribution in [0.2, 0.25) is 0 Å². The molecular weight excluding hydrogens is 294 g/mol. The van der Waals surface area contributed by atoms with Crippen LogP contribution in [0, 0.1) is 17.2 Å². The highest BCUT2D eigenvalue weighted by molar-refractivity contribution is 5.77. The van der Waals surface area contributed by atoms with Crippen molar-refractivity contribution in [2.45, 2.75) is 25.7 Å². The number of pyridine rings is 1. The first kappa shape index (κ1) is 15.0. The van der Waals surface area contributed by atoms with Gasteiger partial charge in [-0.05, 0) is 30.7 Å². The molecule has 0 aliphatic heterocycles. The Morgan fingerprint density at radius 3 is 3.00 bits per heavy atom. The van der Waals surface area contributed by atoms with Crippen LogP contribution < -0.4 is 5.73 Å². The van der Waals surface area contributed by atoms with Crippen LogP contribution in [0.25, 0.3) is 11.3 Å². The zero-order valence-corrected chi connectivity index (χ0v) is 12.8. The van der Waals surface area contributed by atoms with Gasteiger partial charge in [-0.1, -0.05) is 0 Å². The fraction of sp³-hybridized carbons (Fsp3) is 0.375. The lowest BCUT2D eigenvalue weighted by molar-refractivity contribution is -0.138. The van der Waals surface area contributed by atoms with E-state index in [1.807, 2.05) is 11.6 Å². The minimum atomic E-state index is -0.801. The summed E-state index contributed by atoms with van der Waals surface area (Å²) in [6, 6.07) is 2.14. The van der Waals surface area contributed by atoms with E-state index in [1.165, 1.54) is 0 Å². The number of aliphatic carboxylic acids is 1. The Bertz CT molecular complexity index is 819. The Labute approximate surface area is 133 Å². The lowest BCUT2D eigenvalue weighted by atomic mass is 9.81. The van der Waals surface area contributed by atoms with Gasteiger partial charge in [-0.2, -0.15) is 5.26 Å². The summed E-state index contributed by atoms with van der Waals surface area (Å²) < 4.78 is 1.83. The van der Waals surface area contributed by atoms with Crippen molar-refractivity contribution in [1.29, 1.82) is 5.26 Å². The SMILES string of the molecule is Cn1cncc1-c1c(C#N)c(N)nc2c1CC(CC(=O)O)CC2. The second kappa shape index (κ2) is 5.72. The van der Waals surface area contributed by atoms with E-state index < -0.39 is 5.97 Å². The van der Waals surface area contributed by atoms with Gasteiger partial charge < -0.3 is 15.4 Å². The number of nitriles is 1. The number of aryl methyl sites for hydroxylation is 2. The first-order chi connectivity index (χ1) is 11.0. The standard InChI is InChI=1S/C16H17N5O2/c1-21-8-19-7-13(21)15-10-4-9(5-14(22)23)2-3-12(10)20-16(18)11(15)6-17/h7-9H,2-5H2,1H3,(H2,18,20)(H,22,23). The number of nitrogen functional groups attached to an aromatic ring is 1. The van der Waals surface area contributed by atoms with E-state index in [1.54, 1.807) is 12.5 Å². The van der Waals surface area contributed by atoms with Gasteiger partial charge in [-0.3, -0.25) is 4.79 Å². The lowest BCUT2D eigenvalue weighted by Gasteiger charge is -2.26. The second-order valence-electron chi connectivity index (χ2n) is 5.88. The van der Waals surface area contributed by atoms with E-state index in [0.717, 1.165) is 28.9 Å². The molecule has 0 saturated heterocycles. The second-order valence-corrected chi connectivity index (χ2v) is 5.88. The molecule has 0 spiro atoms. The third-order valence-corrected chi connectivity index (χ3v) is 4.34. The topological polar surface area (TPSA) is 118 Å². The van der Waals surface area contributed by atoms with Crippen LogP contribution in [-0.2, 0) is 24.7 Å². The van der Waals surface area contributed by atoms with Crippen LogP contribution in [0.4, 0.5) is 5.82 Å². The first-order valence-electron chi connectivity index (χ1n) is 7.41. The van der Waals surface area contributed by atoms with E-state index in [9.17, 15) is 10.1 Å². The Hall–Kier alpha value is -2.88. The van der Waals surface area contributed by atoms with Crippen LogP contribution in [0.1, 0.15) is 29.7 Å². The summed E-state index contributed by atoms with van der Waals surface area (Å²) in [5.41, 5.74) is 9.63. The van der Waals surface area contributed by atoms with Crippen molar-refractivity contribution >= 4 is 11.8 Å². The number of anilines is 1. The molecule has 0 radical (unpaired) electrons. The molecule has 0 aromatic carbocycles. The molecule has 1 unspecified atom stereocenters. The molecule has 1 aliphatic rings. The monoisotopic (exact) mass is 311 g/mol. The van der Waals surface area contributed by atoms with Gasteiger partial charge in [0.25, 0.3) is 0 Å². The molecule has 23 heavy (non-hydrogen) atoms. The normalized spacial score (nSPS) is 16.6. The molecule has 1 atom stereocenters. The van der Waals surface area contributed by atoms with Crippen molar-refractivity contribution in [2.24, 2.45) is 13.0 Å². The number of hydrogen-bond acceptors (Lipinski definition) is 5. The zero-order chi connectivity index (χ0) is 16.6. The Kier molecular flexibility index (Phi) is 3.74. The Balaban J connectivity index is 2.18. The molecule has 0 amide bonds. The van der Waals surface area contributed by atoms with E-state index in [4.69, 9.17) is 10.8 Å². The molecule has 0 bridgehead atoms. The van der Waals surface area contributed by atoms with Gasteiger partial charge in [0.05, 0.1) is 18.2 Å². The molecule has 118 valence electrons. The highest BCUT2D eigenvalue weighted by atomic mass is 16.4. The molecule has 3 rings (SSSR count). The maximum Gasteiger partial charge on any atom is 0.303 e. The average Bonchev–Trinajstić information content (AvgIpc) is 2.91. The van der Waals surface area contributed by atoms with Gasteiger partial charge >= 0.3 is 5.97 Å². The molecule has 2 aromatic heterocycles. The number of aromatic nitrogens is 3. The number of hydrogen-bond donors (Lipinski definition) is 2. The van der Waals surface area contributed by atoms with Gasteiger partial charge in [0.2, 0.25) is 0 Å². The highest BCUT2D eigenvalue weighted by Gasteiger charge is 2.28. The number of nitrogens with two attached hydrogens (primary N) is 1. The first-order valence-corrected chi connectivity index (χ1v) is 7.41. The van der Waals surface area contributed by atoms with Crippen LogP contribution in [0.15, 0.2) is 12.5 Å². The summed E-state index contributed by atoms with van der Waals surface area (Å²) in [6.45, 7) is 0. The molecule has 2 aromatic rings. The fourth-order valence-electron chi connectivity index (χ4n) is 3.27. The number of nitrogens with zero attached hydrogens (tertiary/aromatic N) is 4. The highest BCUT2D eigenvalue weighted by Crippen LogP contribution is 2.37. The summed E-state index contributed by atoms with van der Waals surface area (Å²) >= 11 is 0. The molecule has 1 aliphatic carbocycles. The molecule has 2 heterocycles. The molecule has 3 N–H and O–H groups in total. The minimum absolute atomic E-state index is 0.0453. The number of carbonyl (C=O) groups is 1. The lowest BCUT2D eigenvalue weighted by Crippen LogP contribution is -2.21. The number of carboxylic acids is 1. The minimum Gasteiger partial charge on any atom is -0.481 e. The van der Waals surface area contributed by atoms with Crippen molar-refractivity contribution in [3.63, 3.8) is 0 Å². The third kappa shape index (κ3) is 2.63. The van der Waals surface area contributed by atoms with Gasteiger partial charge in [0, 0.05) is 24.7 Å². The molecule has 7 nitrogen and oxygen atoms in total. The van der Waals surface area contributed by atoms with Gasteiger partial charge in [0.1, 0.15) is 17.5 Å². The van der Waals surface area contributed by atoms with Gasteiger partial charge in [-0.15, -0.1) is 0 Å². The van der Waals surface area contributed by atoms with Gasteiger partial charge in [-0.25, -0.2) is 9.97 Å². The fourth-order valence-corrected chi connectivity index (χ4v) is 3.27. The summed E-state index contributed by atoms with van der Waals surface area (Å²) in [6.07, 6.45) is 5.50.